The van der Waals surface area contributed by atoms with E-state index in [4.69, 9.17) is 0 Å². The number of nitrogens with one attached hydrogen (secondary N) is 1. The summed E-state index contributed by atoms with van der Waals surface area (Å²) in [5.74, 6) is 2.33. The Labute approximate surface area is 153 Å². The van der Waals surface area contributed by atoms with Gasteiger partial charge < -0.3 is 20.0 Å². The van der Waals surface area contributed by atoms with Crippen molar-refractivity contribution in [1.82, 2.24) is 20.0 Å². The minimum absolute atomic E-state index is 0.763. The second-order valence-electron chi connectivity index (χ2n) is 6.80. The van der Waals surface area contributed by atoms with Crippen LogP contribution in [-0.4, -0.2) is 97.6 Å². The molecule has 140 valence electrons. The average Bonchev–Trinajstić information content (AvgIpc) is 2.65. The molecular formula is C18H37N5S. The van der Waals surface area contributed by atoms with Crippen molar-refractivity contribution in [3.05, 3.63) is 0 Å². The maximum atomic E-state index is 4.49. The van der Waals surface area contributed by atoms with Crippen molar-refractivity contribution in [2.24, 2.45) is 4.99 Å². The zero-order valence-corrected chi connectivity index (χ0v) is 16.8. The fourth-order valence-electron chi connectivity index (χ4n) is 3.48. The second kappa shape index (κ2) is 11.2. The molecule has 0 amide bonds. The maximum Gasteiger partial charge on any atom is 0.193 e. The Morgan fingerprint density at radius 1 is 1.08 bits per heavy atom. The SMILES string of the molecule is CCC1CN(C(=NC)NCCCCN2CCN(CC)CC2)CCS1. The monoisotopic (exact) mass is 355 g/mol. The van der Waals surface area contributed by atoms with Gasteiger partial charge in [-0.05, 0) is 32.4 Å². The number of thioether (sulfide) groups is 1. The summed E-state index contributed by atoms with van der Waals surface area (Å²) in [5, 5.41) is 4.34. The molecule has 2 aliphatic heterocycles. The van der Waals surface area contributed by atoms with Crippen molar-refractivity contribution in [3.63, 3.8) is 0 Å². The normalized spacial score (nSPS) is 24.4. The van der Waals surface area contributed by atoms with Crippen LogP contribution in [0.15, 0.2) is 4.99 Å². The summed E-state index contributed by atoms with van der Waals surface area (Å²) >= 11 is 2.11. The standard InChI is InChI=1S/C18H37N5S/c1-4-17-16-23(14-15-24-17)18(19-3)20-8-6-7-9-22-12-10-21(5-2)11-13-22/h17H,4-16H2,1-3H3,(H,19,20). The Hall–Kier alpha value is -0.460. The summed E-state index contributed by atoms with van der Waals surface area (Å²) in [5.41, 5.74) is 0. The summed E-state index contributed by atoms with van der Waals surface area (Å²) < 4.78 is 0. The van der Waals surface area contributed by atoms with Gasteiger partial charge in [-0.1, -0.05) is 13.8 Å². The van der Waals surface area contributed by atoms with Gasteiger partial charge in [0, 0.05) is 63.9 Å². The highest BCUT2D eigenvalue weighted by Gasteiger charge is 2.21. The molecule has 0 spiro atoms. The molecule has 0 aromatic heterocycles. The number of likely N-dealkylation sites (N-methyl/N-ethyl adjacent to an activating group) is 1. The molecule has 2 rings (SSSR count). The van der Waals surface area contributed by atoms with Crippen molar-refractivity contribution < 1.29 is 0 Å². The molecule has 6 heteroatoms. The lowest BCUT2D eigenvalue weighted by molar-refractivity contribution is 0.136. The van der Waals surface area contributed by atoms with E-state index in [1.165, 1.54) is 64.3 Å². The van der Waals surface area contributed by atoms with Crippen LogP contribution in [0, 0.1) is 0 Å². The molecule has 1 unspecified atom stereocenters. The first-order chi connectivity index (χ1) is 11.8. The topological polar surface area (TPSA) is 34.1 Å². The largest absolute Gasteiger partial charge is 0.356 e. The Morgan fingerprint density at radius 2 is 1.83 bits per heavy atom. The Morgan fingerprint density at radius 3 is 2.50 bits per heavy atom. The highest BCUT2D eigenvalue weighted by atomic mass is 32.2. The molecular weight excluding hydrogens is 318 g/mol. The zero-order valence-electron chi connectivity index (χ0n) is 16.0. The highest BCUT2D eigenvalue weighted by molar-refractivity contribution is 8.00. The van der Waals surface area contributed by atoms with E-state index in [0.717, 1.165) is 30.8 Å². The third kappa shape index (κ3) is 6.45. The number of unbranched alkanes of at least 4 members (excludes halogenated alkanes) is 1. The molecule has 0 radical (unpaired) electrons. The lowest BCUT2D eigenvalue weighted by Gasteiger charge is -2.34. The third-order valence-corrected chi connectivity index (χ3v) is 6.57. The molecule has 0 saturated carbocycles. The van der Waals surface area contributed by atoms with Crippen LogP contribution in [-0.2, 0) is 0 Å². The summed E-state index contributed by atoms with van der Waals surface area (Å²) in [4.78, 5) is 12.1. The molecule has 2 aliphatic rings. The van der Waals surface area contributed by atoms with E-state index in [2.05, 4.69) is 50.6 Å². The fourth-order valence-corrected chi connectivity index (χ4v) is 4.66. The number of guanidine groups is 1. The number of piperazine rings is 1. The van der Waals surface area contributed by atoms with Crippen molar-refractivity contribution in [3.8, 4) is 0 Å². The minimum atomic E-state index is 0.763. The van der Waals surface area contributed by atoms with Gasteiger partial charge in [0.2, 0.25) is 0 Å². The van der Waals surface area contributed by atoms with Gasteiger partial charge in [-0.3, -0.25) is 4.99 Å². The Bertz CT molecular complexity index is 368. The summed E-state index contributed by atoms with van der Waals surface area (Å²) in [6.45, 7) is 15.3. The van der Waals surface area contributed by atoms with Crippen molar-refractivity contribution >= 4 is 17.7 Å². The lowest BCUT2D eigenvalue weighted by atomic mass is 10.2. The lowest BCUT2D eigenvalue weighted by Crippen LogP contribution is -2.48. The predicted octanol–water partition coefficient (Wildman–Crippen LogP) is 1.81. The van der Waals surface area contributed by atoms with E-state index in [1.807, 2.05) is 7.05 Å². The molecule has 2 heterocycles. The molecule has 1 atom stereocenters. The van der Waals surface area contributed by atoms with Crippen molar-refractivity contribution in [2.45, 2.75) is 38.4 Å². The molecule has 2 saturated heterocycles. The van der Waals surface area contributed by atoms with Crippen LogP contribution >= 0.6 is 11.8 Å². The summed E-state index contributed by atoms with van der Waals surface area (Å²) in [7, 11) is 1.91. The van der Waals surface area contributed by atoms with Gasteiger partial charge in [0.1, 0.15) is 0 Å². The van der Waals surface area contributed by atoms with Gasteiger partial charge in [0.25, 0.3) is 0 Å². The summed E-state index contributed by atoms with van der Waals surface area (Å²) in [6, 6.07) is 0. The Kier molecular flexibility index (Phi) is 9.28. The molecule has 0 aliphatic carbocycles. The smallest absolute Gasteiger partial charge is 0.193 e. The van der Waals surface area contributed by atoms with E-state index in [9.17, 15) is 0 Å². The first-order valence-electron chi connectivity index (χ1n) is 9.78. The number of nitrogens with zero attached hydrogens (tertiary/aromatic N) is 4. The minimum Gasteiger partial charge on any atom is -0.356 e. The van der Waals surface area contributed by atoms with Crippen molar-refractivity contribution in [1.29, 1.82) is 0 Å². The van der Waals surface area contributed by atoms with Gasteiger partial charge in [0.05, 0.1) is 0 Å². The van der Waals surface area contributed by atoms with Crippen LogP contribution in [0.3, 0.4) is 0 Å². The van der Waals surface area contributed by atoms with Crippen molar-refractivity contribution in [2.75, 3.05) is 71.7 Å². The van der Waals surface area contributed by atoms with E-state index in [1.54, 1.807) is 0 Å². The molecule has 2 fully saturated rings. The number of hydrogen-bond donors (Lipinski definition) is 1. The van der Waals surface area contributed by atoms with Crippen LogP contribution < -0.4 is 5.32 Å². The quantitative estimate of drug-likeness (QED) is 0.428. The van der Waals surface area contributed by atoms with Gasteiger partial charge in [-0.25, -0.2) is 0 Å². The first kappa shape index (κ1) is 19.9. The van der Waals surface area contributed by atoms with E-state index in [-0.39, 0.29) is 0 Å². The van der Waals surface area contributed by atoms with Crippen LogP contribution in [0.5, 0.6) is 0 Å². The third-order valence-electron chi connectivity index (χ3n) is 5.20. The summed E-state index contributed by atoms with van der Waals surface area (Å²) in [6.07, 6.45) is 3.76. The van der Waals surface area contributed by atoms with Crippen LogP contribution in [0.2, 0.25) is 0 Å². The second-order valence-corrected chi connectivity index (χ2v) is 8.21. The predicted molar refractivity (Wildman–Crippen MR) is 107 cm³/mol. The van der Waals surface area contributed by atoms with Crippen LogP contribution in [0.25, 0.3) is 0 Å². The van der Waals surface area contributed by atoms with Crippen LogP contribution in [0.1, 0.15) is 33.1 Å². The molecule has 1 N–H and O–H groups in total. The molecule has 0 aromatic carbocycles. The van der Waals surface area contributed by atoms with Gasteiger partial charge in [-0.2, -0.15) is 11.8 Å². The number of rotatable bonds is 7. The van der Waals surface area contributed by atoms with E-state index >= 15 is 0 Å². The molecule has 0 aromatic rings. The van der Waals surface area contributed by atoms with E-state index in [0.29, 0.717) is 0 Å². The average molecular weight is 356 g/mol. The first-order valence-corrected chi connectivity index (χ1v) is 10.8. The number of aliphatic imine (C=N–C) groups is 1. The molecule has 5 nitrogen and oxygen atoms in total. The maximum absolute atomic E-state index is 4.49. The Balaban J connectivity index is 1.57. The van der Waals surface area contributed by atoms with Gasteiger partial charge in [-0.15, -0.1) is 0 Å². The van der Waals surface area contributed by atoms with Gasteiger partial charge in [0.15, 0.2) is 5.96 Å². The zero-order chi connectivity index (χ0) is 17.2. The van der Waals surface area contributed by atoms with Gasteiger partial charge >= 0.3 is 0 Å². The highest BCUT2D eigenvalue weighted by Crippen LogP contribution is 2.20. The fraction of sp³-hybridized carbons (Fsp3) is 0.944. The number of hydrogen-bond acceptors (Lipinski definition) is 4. The molecule has 0 bridgehead atoms. The van der Waals surface area contributed by atoms with Crippen LogP contribution in [0.4, 0.5) is 0 Å². The van der Waals surface area contributed by atoms with E-state index < -0.39 is 0 Å². The molecule has 24 heavy (non-hydrogen) atoms.